The van der Waals surface area contributed by atoms with Gasteiger partial charge in [-0.1, -0.05) is 0 Å². The van der Waals surface area contributed by atoms with Crippen LogP contribution in [0.2, 0.25) is 0 Å². The molecule has 3 rings (SSSR count). The molecular weight excluding hydrogens is 449 g/mol. The van der Waals surface area contributed by atoms with Crippen molar-refractivity contribution < 1.29 is 19.1 Å². The van der Waals surface area contributed by atoms with Crippen molar-refractivity contribution in [3.63, 3.8) is 0 Å². The Kier molecular flexibility index (Phi) is 5.00. The lowest BCUT2D eigenvalue weighted by atomic mass is 10.0. The van der Waals surface area contributed by atoms with Crippen LogP contribution in [0.4, 0.5) is 9.18 Å². The molecule has 130 valence electrons. The van der Waals surface area contributed by atoms with Crippen molar-refractivity contribution in [3.05, 3.63) is 32.2 Å². The average molecular weight is 465 g/mol. The third-order valence-electron chi connectivity index (χ3n) is 4.28. The van der Waals surface area contributed by atoms with E-state index >= 15 is 0 Å². The topological polar surface area (TPSA) is 74.6 Å². The first kappa shape index (κ1) is 17.5. The number of aromatic nitrogens is 1. The first-order valence-electron chi connectivity index (χ1n) is 7.56. The quantitative estimate of drug-likeness (QED) is 0.702. The largest absolute Gasteiger partial charge is 0.465 e. The molecule has 0 spiro atoms. The third kappa shape index (κ3) is 3.23. The van der Waals surface area contributed by atoms with Crippen molar-refractivity contribution in [2.24, 2.45) is 0 Å². The van der Waals surface area contributed by atoms with Gasteiger partial charge in [-0.05, 0) is 56.7 Å². The van der Waals surface area contributed by atoms with E-state index in [9.17, 15) is 14.0 Å². The minimum Gasteiger partial charge on any atom is -0.465 e. The number of carbonyl (C=O) groups is 2. The van der Waals surface area contributed by atoms with Crippen LogP contribution in [0, 0.1) is 0 Å². The van der Waals surface area contributed by atoms with Crippen LogP contribution in [-0.4, -0.2) is 45.7 Å². The van der Waals surface area contributed by atoms with Crippen molar-refractivity contribution >= 4 is 43.9 Å². The molecular formula is C15H16Br2FN3O3. The van der Waals surface area contributed by atoms with Crippen molar-refractivity contribution in [2.45, 2.75) is 31.8 Å². The molecule has 1 saturated carbocycles. The molecule has 24 heavy (non-hydrogen) atoms. The van der Waals surface area contributed by atoms with Gasteiger partial charge in [0.2, 0.25) is 0 Å². The second-order valence-electron chi connectivity index (χ2n) is 5.93. The number of amides is 2. The number of nitrogens with zero attached hydrogens (tertiary/aromatic N) is 2. The lowest BCUT2D eigenvalue weighted by Gasteiger charge is -2.27. The maximum atomic E-state index is 13.1. The molecule has 0 saturated heterocycles. The van der Waals surface area contributed by atoms with Crippen LogP contribution in [0.15, 0.2) is 21.1 Å². The lowest BCUT2D eigenvalue weighted by Crippen LogP contribution is -2.38. The molecule has 1 aliphatic carbocycles. The van der Waals surface area contributed by atoms with Crippen LogP contribution in [0.25, 0.3) is 0 Å². The minimum absolute atomic E-state index is 0.000450. The number of fused-ring (bicyclic) bond motifs is 1. The Labute approximate surface area is 154 Å². The zero-order valence-electron chi connectivity index (χ0n) is 12.7. The molecule has 0 atom stereocenters. The number of hydrogen-bond acceptors (Lipinski definition) is 2. The molecule has 1 aliphatic heterocycles. The number of halogens is 3. The van der Waals surface area contributed by atoms with Gasteiger partial charge in [-0.15, -0.1) is 0 Å². The summed E-state index contributed by atoms with van der Waals surface area (Å²) in [6, 6.07) is 0.348. The van der Waals surface area contributed by atoms with E-state index in [-0.39, 0.29) is 24.6 Å². The molecule has 0 aromatic carbocycles. The fourth-order valence-corrected chi connectivity index (χ4v) is 4.58. The molecule has 0 unspecified atom stereocenters. The maximum absolute atomic E-state index is 13.1. The fourth-order valence-electron chi connectivity index (χ4n) is 2.93. The highest BCUT2D eigenvalue weighted by Gasteiger charge is 2.39. The summed E-state index contributed by atoms with van der Waals surface area (Å²) >= 11 is 6.96. The van der Waals surface area contributed by atoms with Crippen molar-refractivity contribution in [3.8, 4) is 0 Å². The summed E-state index contributed by atoms with van der Waals surface area (Å²) < 4.78 is 16.1. The Morgan fingerprint density at radius 1 is 1.38 bits per heavy atom. The van der Waals surface area contributed by atoms with Crippen LogP contribution in [-0.2, 0) is 13.0 Å². The molecule has 2 N–H and O–H groups in total. The Morgan fingerprint density at radius 2 is 2.08 bits per heavy atom. The monoisotopic (exact) mass is 463 g/mol. The molecule has 2 aliphatic rings. The zero-order valence-corrected chi connectivity index (χ0v) is 15.9. The number of hydrogen-bond donors (Lipinski definition) is 2. The molecule has 1 fully saturated rings. The highest BCUT2D eigenvalue weighted by Crippen LogP contribution is 2.39. The summed E-state index contributed by atoms with van der Waals surface area (Å²) in [5.74, 6) is -0.000450. The van der Waals surface area contributed by atoms with E-state index in [2.05, 4.69) is 37.2 Å². The van der Waals surface area contributed by atoms with E-state index < -0.39 is 6.09 Å². The van der Waals surface area contributed by atoms with E-state index in [1.807, 2.05) is 4.90 Å². The Hall–Kier alpha value is -1.35. The first-order chi connectivity index (χ1) is 11.4. The van der Waals surface area contributed by atoms with Gasteiger partial charge in [0, 0.05) is 31.2 Å². The summed E-state index contributed by atoms with van der Waals surface area (Å²) in [6.07, 6.45) is 2.03. The smallest absolute Gasteiger partial charge is 0.404 e. The predicted molar refractivity (Wildman–Crippen MR) is 92.8 cm³/mol. The third-order valence-corrected chi connectivity index (χ3v) is 6.01. The number of nitrogens with one attached hydrogen (secondary N) is 1. The van der Waals surface area contributed by atoms with Crippen LogP contribution >= 0.6 is 31.9 Å². The number of carboxylic acid groups (broad SMARTS) is 1. The first-order valence-corrected chi connectivity index (χ1v) is 9.14. The molecule has 0 radical (unpaired) electrons. The summed E-state index contributed by atoms with van der Waals surface area (Å²) in [5, 5.41) is 10.8. The summed E-state index contributed by atoms with van der Waals surface area (Å²) in [4.78, 5) is 25.2. The highest BCUT2D eigenvalue weighted by molar-refractivity contribution is 9.11. The van der Waals surface area contributed by atoms with Gasteiger partial charge in [-0.25, -0.2) is 9.18 Å². The SMILES string of the molecule is O=C(O)NC/C(=C\F)Cn1c(Br)c2c(c1Br)C(=O)N(C1CC1)CC2. The van der Waals surface area contributed by atoms with E-state index in [0.717, 1.165) is 29.4 Å². The Balaban J connectivity index is 1.86. The van der Waals surface area contributed by atoms with E-state index in [1.54, 1.807) is 4.57 Å². The van der Waals surface area contributed by atoms with Crippen molar-refractivity contribution in [2.75, 3.05) is 13.1 Å². The van der Waals surface area contributed by atoms with Gasteiger partial charge in [0.25, 0.3) is 5.91 Å². The van der Waals surface area contributed by atoms with Gasteiger partial charge in [0.05, 0.1) is 21.1 Å². The van der Waals surface area contributed by atoms with Crippen molar-refractivity contribution in [1.82, 2.24) is 14.8 Å². The lowest BCUT2D eigenvalue weighted by molar-refractivity contribution is 0.0726. The van der Waals surface area contributed by atoms with Crippen LogP contribution in [0.1, 0.15) is 28.8 Å². The number of carbonyl (C=O) groups excluding carboxylic acids is 1. The van der Waals surface area contributed by atoms with Gasteiger partial charge in [-0.3, -0.25) is 4.79 Å². The molecule has 2 heterocycles. The Bertz CT molecular complexity index is 728. The second kappa shape index (κ2) is 6.87. The van der Waals surface area contributed by atoms with Crippen LogP contribution in [0.5, 0.6) is 0 Å². The minimum atomic E-state index is -1.21. The molecule has 1 aromatic heterocycles. The van der Waals surface area contributed by atoms with E-state index in [4.69, 9.17) is 5.11 Å². The van der Waals surface area contributed by atoms with E-state index in [0.29, 0.717) is 29.1 Å². The second-order valence-corrected chi connectivity index (χ2v) is 7.43. The standard InChI is InChI=1S/C15H16Br2FN3O3/c16-12-10-3-4-20(9-1-2-9)14(22)11(10)13(17)21(12)7-8(5-18)6-19-15(23)24/h5,9,19H,1-4,6-7H2,(H,23,24)/b8-5+. The number of rotatable bonds is 5. The predicted octanol–water partition coefficient (Wildman–Crippen LogP) is 3.29. The molecule has 9 heteroatoms. The van der Waals surface area contributed by atoms with Crippen LogP contribution in [0.3, 0.4) is 0 Å². The normalized spacial score (nSPS) is 17.9. The zero-order chi connectivity index (χ0) is 17.4. The molecule has 0 bridgehead atoms. The summed E-state index contributed by atoms with van der Waals surface area (Å²) in [6.45, 7) is 0.718. The van der Waals surface area contributed by atoms with Gasteiger partial charge in [0.1, 0.15) is 0 Å². The maximum Gasteiger partial charge on any atom is 0.404 e. The van der Waals surface area contributed by atoms with Gasteiger partial charge < -0.3 is 19.9 Å². The van der Waals surface area contributed by atoms with Gasteiger partial charge in [-0.2, -0.15) is 0 Å². The molecule has 6 nitrogen and oxygen atoms in total. The van der Waals surface area contributed by atoms with E-state index in [1.165, 1.54) is 0 Å². The Morgan fingerprint density at radius 3 is 2.67 bits per heavy atom. The summed E-state index contributed by atoms with van der Waals surface area (Å²) in [7, 11) is 0. The van der Waals surface area contributed by atoms with Gasteiger partial charge in [0.15, 0.2) is 0 Å². The summed E-state index contributed by atoms with van der Waals surface area (Å²) in [5.41, 5.74) is 1.79. The fraction of sp³-hybridized carbons (Fsp3) is 0.467. The van der Waals surface area contributed by atoms with Crippen LogP contribution < -0.4 is 5.32 Å². The molecule has 2 amide bonds. The van der Waals surface area contributed by atoms with Crippen molar-refractivity contribution in [1.29, 1.82) is 0 Å². The highest BCUT2D eigenvalue weighted by atomic mass is 79.9. The molecule has 1 aromatic rings. The average Bonchev–Trinajstić information content (AvgIpc) is 3.34. The van der Waals surface area contributed by atoms with Gasteiger partial charge >= 0.3 is 6.09 Å².